The van der Waals surface area contributed by atoms with Gasteiger partial charge in [0, 0.05) is 12.1 Å². The molecule has 2 nitrogen and oxygen atoms in total. The van der Waals surface area contributed by atoms with Crippen molar-refractivity contribution in [3.05, 3.63) is 35.4 Å². The van der Waals surface area contributed by atoms with Crippen molar-refractivity contribution in [2.24, 2.45) is 0 Å². The number of hydrogen-bond donors (Lipinski definition) is 1. The molecule has 0 bridgehead atoms. The first-order valence-electron chi connectivity index (χ1n) is 6.81. The molecule has 0 heterocycles. The van der Waals surface area contributed by atoms with Gasteiger partial charge in [-0.2, -0.15) is 13.2 Å². The highest BCUT2D eigenvalue weighted by molar-refractivity contribution is 5.25. The van der Waals surface area contributed by atoms with Gasteiger partial charge >= 0.3 is 6.18 Å². The average molecular weight is 288 g/mol. The van der Waals surface area contributed by atoms with Crippen LogP contribution in [-0.4, -0.2) is 37.3 Å². The van der Waals surface area contributed by atoms with Gasteiger partial charge in [0.2, 0.25) is 0 Å². The zero-order chi connectivity index (χ0) is 15.3. The van der Waals surface area contributed by atoms with E-state index in [4.69, 9.17) is 0 Å². The smallest absolute Gasteiger partial charge is 0.309 e. The molecule has 0 spiro atoms. The van der Waals surface area contributed by atoms with Crippen LogP contribution >= 0.6 is 0 Å². The van der Waals surface area contributed by atoms with Crippen molar-refractivity contribution in [1.82, 2.24) is 10.2 Å². The normalized spacial score (nSPS) is 15.4. The van der Waals surface area contributed by atoms with E-state index in [-0.39, 0.29) is 12.1 Å². The molecule has 1 aromatic rings. The van der Waals surface area contributed by atoms with E-state index in [0.717, 1.165) is 11.1 Å². The molecule has 0 saturated heterocycles. The van der Waals surface area contributed by atoms with Crippen molar-refractivity contribution in [2.75, 3.05) is 20.1 Å². The Morgan fingerprint density at radius 2 is 1.75 bits per heavy atom. The van der Waals surface area contributed by atoms with Crippen LogP contribution in [0.25, 0.3) is 0 Å². The molecular formula is C15H23F3N2. The lowest BCUT2D eigenvalue weighted by Gasteiger charge is -2.33. The second-order valence-electron chi connectivity index (χ2n) is 5.22. The maximum atomic E-state index is 12.5. The predicted octanol–water partition coefficient (Wildman–Crippen LogP) is 3.53. The van der Waals surface area contributed by atoms with Crippen molar-refractivity contribution in [1.29, 1.82) is 0 Å². The first-order valence-corrected chi connectivity index (χ1v) is 6.81. The summed E-state index contributed by atoms with van der Waals surface area (Å²) in [4.78, 5) is 1.34. The fourth-order valence-corrected chi connectivity index (χ4v) is 2.24. The zero-order valence-corrected chi connectivity index (χ0v) is 12.5. The Morgan fingerprint density at radius 1 is 1.20 bits per heavy atom. The summed E-state index contributed by atoms with van der Waals surface area (Å²) in [6, 6.07) is 7.54. The maximum absolute atomic E-state index is 12.5. The van der Waals surface area contributed by atoms with E-state index in [1.165, 1.54) is 11.9 Å². The van der Waals surface area contributed by atoms with E-state index in [1.807, 2.05) is 45.0 Å². The minimum absolute atomic E-state index is 0.118. The third-order valence-corrected chi connectivity index (χ3v) is 3.47. The average Bonchev–Trinajstić information content (AvgIpc) is 2.34. The molecular weight excluding hydrogens is 265 g/mol. The number of nitrogens with zero attached hydrogens (tertiary/aromatic N) is 1. The second kappa shape index (κ2) is 7.09. The number of nitrogens with one attached hydrogen (secondary N) is 1. The molecule has 0 aliphatic carbocycles. The quantitative estimate of drug-likeness (QED) is 0.861. The van der Waals surface area contributed by atoms with Crippen molar-refractivity contribution in [2.45, 2.75) is 39.0 Å². The summed E-state index contributed by atoms with van der Waals surface area (Å²) in [5.41, 5.74) is 2.15. The highest BCUT2D eigenvalue weighted by Gasteiger charge is 2.33. The Balaban J connectivity index is 2.86. The van der Waals surface area contributed by atoms with E-state index < -0.39 is 12.7 Å². The SMILES string of the molecule is CCNC(c1ccc(C)cc1)C(C)N(C)CC(F)(F)F. The van der Waals surface area contributed by atoms with Crippen molar-refractivity contribution < 1.29 is 13.2 Å². The lowest BCUT2D eigenvalue weighted by molar-refractivity contribution is -0.148. The Bertz CT molecular complexity index is 401. The van der Waals surface area contributed by atoms with Gasteiger partial charge in [-0.05, 0) is 33.0 Å². The summed E-state index contributed by atoms with van der Waals surface area (Å²) in [5.74, 6) is 0. The highest BCUT2D eigenvalue weighted by Crippen LogP contribution is 2.24. The van der Waals surface area contributed by atoms with Gasteiger partial charge in [0.15, 0.2) is 0 Å². The summed E-state index contributed by atoms with van der Waals surface area (Å²) < 4.78 is 37.5. The molecule has 0 amide bonds. The fraction of sp³-hybridized carbons (Fsp3) is 0.600. The van der Waals surface area contributed by atoms with E-state index in [2.05, 4.69) is 5.32 Å². The molecule has 2 atom stereocenters. The lowest BCUT2D eigenvalue weighted by atomic mass is 9.98. The van der Waals surface area contributed by atoms with E-state index in [0.29, 0.717) is 6.54 Å². The van der Waals surface area contributed by atoms with Crippen LogP contribution in [-0.2, 0) is 0 Å². The number of hydrogen-bond acceptors (Lipinski definition) is 2. The number of alkyl halides is 3. The molecule has 0 aromatic heterocycles. The van der Waals surface area contributed by atoms with Gasteiger partial charge in [0.25, 0.3) is 0 Å². The van der Waals surface area contributed by atoms with Gasteiger partial charge in [0.1, 0.15) is 0 Å². The van der Waals surface area contributed by atoms with Crippen LogP contribution in [0.3, 0.4) is 0 Å². The second-order valence-corrected chi connectivity index (χ2v) is 5.22. The van der Waals surface area contributed by atoms with Crippen LogP contribution in [0.15, 0.2) is 24.3 Å². The van der Waals surface area contributed by atoms with Gasteiger partial charge in [-0.3, -0.25) is 4.90 Å². The monoisotopic (exact) mass is 288 g/mol. The minimum Gasteiger partial charge on any atom is -0.309 e. The van der Waals surface area contributed by atoms with Crippen molar-refractivity contribution >= 4 is 0 Å². The Labute approximate surface area is 119 Å². The molecule has 114 valence electrons. The van der Waals surface area contributed by atoms with Crippen LogP contribution < -0.4 is 5.32 Å². The number of halogens is 3. The number of rotatable bonds is 6. The molecule has 0 aliphatic heterocycles. The van der Waals surface area contributed by atoms with Gasteiger partial charge < -0.3 is 5.32 Å². The molecule has 2 unspecified atom stereocenters. The van der Waals surface area contributed by atoms with Gasteiger partial charge in [-0.1, -0.05) is 36.8 Å². The van der Waals surface area contributed by atoms with Crippen molar-refractivity contribution in [3.8, 4) is 0 Å². The van der Waals surface area contributed by atoms with Gasteiger partial charge in [0.05, 0.1) is 6.54 Å². The summed E-state index contributed by atoms with van der Waals surface area (Å²) in [6.45, 7) is 5.58. The van der Waals surface area contributed by atoms with Crippen LogP contribution in [0.1, 0.15) is 31.0 Å². The van der Waals surface area contributed by atoms with Crippen LogP contribution in [0.2, 0.25) is 0 Å². The van der Waals surface area contributed by atoms with E-state index in [9.17, 15) is 13.2 Å². The van der Waals surface area contributed by atoms with Crippen LogP contribution in [0, 0.1) is 6.92 Å². The molecule has 1 aromatic carbocycles. The molecule has 1 N–H and O–H groups in total. The van der Waals surface area contributed by atoms with Crippen molar-refractivity contribution in [3.63, 3.8) is 0 Å². The lowest BCUT2D eigenvalue weighted by Crippen LogP contribution is -2.44. The highest BCUT2D eigenvalue weighted by atomic mass is 19.4. The molecule has 5 heteroatoms. The summed E-state index contributed by atoms with van der Waals surface area (Å²) in [5, 5.41) is 3.28. The topological polar surface area (TPSA) is 15.3 Å². The summed E-state index contributed by atoms with van der Waals surface area (Å²) in [6.07, 6.45) is -4.17. The molecule has 20 heavy (non-hydrogen) atoms. The minimum atomic E-state index is -4.17. The maximum Gasteiger partial charge on any atom is 0.401 e. The summed E-state index contributed by atoms with van der Waals surface area (Å²) in [7, 11) is 1.51. The third kappa shape index (κ3) is 5.13. The van der Waals surface area contributed by atoms with Gasteiger partial charge in [-0.25, -0.2) is 0 Å². The first-order chi connectivity index (χ1) is 9.24. The van der Waals surface area contributed by atoms with E-state index >= 15 is 0 Å². The molecule has 1 rings (SSSR count). The fourth-order valence-electron chi connectivity index (χ4n) is 2.24. The number of likely N-dealkylation sites (N-methyl/N-ethyl adjacent to an activating group) is 2. The van der Waals surface area contributed by atoms with Crippen LogP contribution in [0.5, 0.6) is 0 Å². The third-order valence-electron chi connectivity index (χ3n) is 3.47. The number of benzene rings is 1. The largest absolute Gasteiger partial charge is 0.401 e. The Hall–Kier alpha value is -1.07. The molecule has 0 fully saturated rings. The number of aryl methyl sites for hydroxylation is 1. The molecule has 0 radical (unpaired) electrons. The Kier molecular flexibility index (Phi) is 6.02. The summed E-state index contributed by atoms with van der Waals surface area (Å²) >= 11 is 0. The van der Waals surface area contributed by atoms with Gasteiger partial charge in [-0.15, -0.1) is 0 Å². The zero-order valence-electron chi connectivity index (χ0n) is 12.5. The van der Waals surface area contributed by atoms with E-state index in [1.54, 1.807) is 0 Å². The standard InChI is InChI=1S/C15H23F3N2/c1-5-19-14(13-8-6-11(2)7-9-13)12(3)20(4)10-15(16,17)18/h6-9,12,14,19H,5,10H2,1-4H3. The molecule has 0 saturated carbocycles. The predicted molar refractivity (Wildman–Crippen MR) is 75.7 cm³/mol. The van der Waals surface area contributed by atoms with Crippen LogP contribution in [0.4, 0.5) is 13.2 Å². The molecule has 0 aliphatic rings. The Morgan fingerprint density at radius 3 is 2.20 bits per heavy atom. The first kappa shape index (κ1) is 17.0.